The Bertz CT molecular complexity index is 636. The summed E-state index contributed by atoms with van der Waals surface area (Å²) in [6, 6.07) is 8.40. The van der Waals surface area contributed by atoms with Gasteiger partial charge in [-0.1, -0.05) is 6.07 Å². The monoisotopic (exact) mass is 272 g/mol. The van der Waals surface area contributed by atoms with Gasteiger partial charge in [0.2, 0.25) is 0 Å². The average Bonchev–Trinajstić information content (AvgIpc) is 3.13. The SMILES string of the molecule is O=C(NC1CN2CCC1C2)c1ccc2ccsc2c1. The molecule has 4 rings (SSSR count). The molecule has 2 bridgehead atoms. The average molecular weight is 272 g/mol. The molecule has 0 saturated carbocycles. The number of benzene rings is 1. The number of hydrogen-bond acceptors (Lipinski definition) is 3. The van der Waals surface area contributed by atoms with E-state index in [2.05, 4.69) is 21.7 Å². The Kier molecular flexibility index (Phi) is 2.60. The summed E-state index contributed by atoms with van der Waals surface area (Å²) in [6.07, 6.45) is 1.23. The van der Waals surface area contributed by atoms with Gasteiger partial charge in [-0.3, -0.25) is 4.79 Å². The van der Waals surface area contributed by atoms with E-state index in [1.807, 2.05) is 18.2 Å². The van der Waals surface area contributed by atoms with Crippen LogP contribution in [0.5, 0.6) is 0 Å². The van der Waals surface area contributed by atoms with E-state index >= 15 is 0 Å². The van der Waals surface area contributed by atoms with Crippen LogP contribution in [0.1, 0.15) is 16.8 Å². The van der Waals surface area contributed by atoms with E-state index in [-0.39, 0.29) is 5.91 Å². The second kappa shape index (κ2) is 4.32. The van der Waals surface area contributed by atoms with Crippen LogP contribution in [0.2, 0.25) is 0 Å². The Morgan fingerprint density at radius 1 is 1.32 bits per heavy atom. The van der Waals surface area contributed by atoms with Crippen LogP contribution in [0.4, 0.5) is 0 Å². The Labute approximate surface area is 116 Å². The molecule has 3 nitrogen and oxygen atoms in total. The third-order valence-corrected chi connectivity index (χ3v) is 5.25. The van der Waals surface area contributed by atoms with Gasteiger partial charge in [-0.25, -0.2) is 0 Å². The first-order chi connectivity index (χ1) is 9.29. The Morgan fingerprint density at radius 3 is 3.05 bits per heavy atom. The molecule has 19 heavy (non-hydrogen) atoms. The van der Waals surface area contributed by atoms with Crippen molar-refractivity contribution in [2.75, 3.05) is 19.6 Å². The largest absolute Gasteiger partial charge is 0.348 e. The van der Waals surface area contributed by atoms with Crippen LogP contribution in [-0.2, 0) is 0 Å². The van der Waals surface area contributed by atoms with Crippen molar-refractivity contribution in [2.45, 2.75) is 12.5 Å². The summed E-state index contributed by atoms with van der Waals surface area (Å²) in [7, 11) is 0. The molecule has 2 aliphatic rings. The highest BCUT2D eigenvalue weighted by Crippen LogP contribution is 2.28. The van der Waals surface area contributed by atoms with Gasteiger partial charge in [0.1, 0.15) is 0 Å². The van der Waals surface area contributed by atoms with Gasteiger partial charge < -0.3 is 10.2 Å². The smallest absolute Gasteiger partial charge is 0.251 e. The number of nitrogens with one attached hydrogen (secondary N) is 1. The zero-order valence-corrected chi connectivity index (χ0v) is 11.5. The third kappa shape index (κ3) is 1.95. The summed E-state index contributed by atoms with van der Waals surface area (Å²) in [5.41, 5.74) is 0.785. The second-order valence-electron chi connectivity index (χ2n) is 5.56. The topological polar surface area (TPSA) is 32.3 Å². The maximum Gasteiger partial charge on any atom is 0.251 e. The molecule has 1 aromatic carbocycles. The van der Waals surface area contributed by atoms with E-state index < -0.39 is 0 Å². The molecule has 2 aromatic rings. The zero-order chi connectivity index (χ0) is 12.8. The lowest BCUT2D eigenvalue weighted by molar-refractivity contribution is 0.0924. The number of carbonyl (C=O) groups is 1. The van der Waals surface area contributed by atoms with Crippen LogP contribution >= 0.6 is 11.3 Å². The first kappa shape index (κ1) is 11.4. The van der Waals surface area contributed by atoms with Gasteiger partial charge in [-0.05, 0) is 47.8 Å². The highest BCUT2D eigenvalue weighted by atomic mass is 32.1. The van der Waals surface area contributed by atoms with E-state index in [4.69, 9.17) is 0 Å². The van der Waals surface area contributed by atoms with Gasteiger partial charge >= 0.3 is 0 Å². The van der Waals surface area contributed by atoms with Crippen LogP contribution in [0.15, 0.2) is 29.6 Å². The number of rotatable bonds is 2. The van der Waals surface area contributed by atoms with E-state index in [0.717, 1.165) is 18.7 Å². The highest BCUT2D eigenvalue weighted by molar-refractivity contribution is 7.17. The van der Waals surface area contributed by atoms with Crippen LogP contribution in [-0.4, -0.2) is 36.5 Å². The lowest BCUT2D eigenvalue weighted by Crippen LogP contribution is -2.43. The summed E-state index contributed by atoms with van der Waals surface area (Å²) in [5, 5.41) is 6.49. The summed E-state index contributed by atoms with van der Waals surface area (Å²) in [6.45, 7) is 3.39. The highest BCUT2D eigenvalue weighted by Gasteiger charge is 2.38. The standard InChI is InChI=1S/C15H16N2OS/c18-15(16-13-9-17-5-3-12(13)8-17)11-2-1-10-4-6-19-14(10)7-11/h1-2,4,6-7,12-13H,3,5,8-9H2,(H,16,18). The molecule has 1 amide bonds. The number of fused-ring (bicyclic) bond motifs is 3. The molecule has 98 valence electrons. The minimum atomic E-state index is 0.0778. The molecule has 0 radical (unpaired) electrons. The fourth-order valence-electron chi connectivity index (χ4n) is 3.30. The normalized spacial score (nSPS) is 28.9. The summed E-state index contributed by atoms with van der Waals surface area (Å²) >= 11 is 1.69. The van der Waals surface area contributed by atoms with Gasteiger partial charge in [0.05, 0.1) is 0 Å². The van der Waals surface area contributed by atoms with Crippen LogP contribution in [0.25, 0.3) is 10.1 Å². The van der Waals surface area contributed by atoms with Crippen molar-refractivity contribution in [3.8, 4) is 0 Å². The van der Waals surface area contributed by atoms with E-state index in [9.17, 15) is 4.79 Å². The number of hydrogen-bond donors (Lipinski definition) is 1. The summed E-state index contributed by atoms with van der Waals surface area (Å²) < 4.78 is 1.18. The molecule has 0 aliphatic carbocycles. The summed E-state index contributed by atoms with van der Waals surface area (Å²) in [4.78, 5) is 14.8. The van der Waals surface area contributed by atoms with Crippen molar-refractivity contribution in [1.29, 1.82) is 0 Å². The molecule has 0 spiro atoms. The van der Waals surface area contributed by atoms with Gasteiger partial charge in [0, 0.05) is 29.4 Å². The first-order valence-electron chi connectivity index (χ1n) is 6.80. The minimum Gasteiger partial charge on any atom is -0.348 e. The lowest BCUT2D eigenvalue weighted by atomic mass is 9.99. The maximum atomic E-state index is 12.3. The predicted octanol–water partition coefficient (Wildman–Crippen LogP) is 2.34. The van der Waals surface area contributed by atoms with Crippen LogP contribution < -0.4 is 5.32 Å². The summed E-state index contributed by atoms with van der Waals surface area (Å²) in [5.74, 6) is 0.739. The number of nitrogens with zero attached hydrogens (tertiary/aromatic N) is 1. The lowest BCUT2D eigenvalue weighted by Gasteiger charge is -2.23. The van der Waals surface area contributed by atoms with Crippen molar-refractivity contribution in [2.24, 2.45) is 5.92 Å². The minimum absolute atomic E-state index is 0.0778. The molecular weight excluding hydrogens is 256 g/mol. The fraction of sp³-hybridized carbons (Fsp3) is 0.400. The van der Waals surface area contributed by atoms with Crippen LogP contribution in [0.3, 0.4) is 0 Å². The van der Waals surface area contributed by atoms with Crippen LogP contribution in [0, 0.1) is 5.92 Å². The number of thiophene rings is 1. The first-order valence-corrected chi connectivity index (χ1v) is 7.68. The van der Waals surface area contributed by atoms with Crippen molar-refractivity contribution >= 4 is 27.3 Å². The molecule has 2 fully saturated rings. The van der Waals surface area contributed by atoms with Gasteiger partial charge in [-0.15, -0.1) is 11.3 Å². The predicted molar refractivity (Wildman–Crippen MR) is 77.6 cm³/mol. The molecule has 1 aromatic heterocycles. The van der Waals surface area contributed by atoms with Gasteiger partial charge in [0.15, 0.2) is 0 Å². The van der Waals surface area contributed by atoms with Gasteiger partial charge in [-0.2, -0.15) is 0 Å². The van der Waals surface area contributed by atoms with E-state index in [1.165, 1.54) is 23.1 Å². The number of piperidine rings is 1. The fourth-order valence-corrected chi connectivity index (χ4v) is 4.12. The van der Waals surface area contributed by atoms with Crippen molar-refractivity contribution in [3.05, 3.63) is 35.2 Å². The van der Waals surface area contributed by atoms with Crippen molar-refractivity contribution in [1.82, 2.24) is 10.2 Å². The van der Waals surface area contributed by atoms with Crippen molar-refractivity contribution in [3.63, 3.8) is 0 Å². The Hall–Kier alpha value is -1.39. The molecule has 3 atom stereocenters. The second-order valence-corrected chi connectivity index (χ2v) is 6.51. The molecular formula is C15H16N2OS. The Balaban J connectivity index is 1.53. The zero-order valence-electron chi connectivity index (χ0n) is 10.6. The third-order valence-electron chi connectivity index (χ3n) is 4.37. The Morgan fingerprint density at radius 2 is 2.26 bits per heavy atom. The van der Waals surface area contributed by atoms with E-state index in [0.29, 0.717) is 12.0 Å². The molecule has 3 unspecified atom stereocenters. The maximum absolute atomic E-state index is 12.3. The van der Waals surface area contributed by atoms with E-state index in [1.54, 1.807) is 11.3 Å². The molecule has 2 aliphatic heterocycles. The van der Waals surface area contributed by atoms with Gasteiger partial charge in [0.25, 0.3) is 5.91 Å². The molecule has 4 heteroatoms. The number of amides is 1. The number of carbonyl (C=O) groups excluding carboxylic acids is 1. The molecule has 1 N–H and O–H groups in total. The quantitative estimate of drug-likeness (QED) is 0.910. The molecule has 2 saturated heterocycles. The molecule has 3 heterocycles. The van der Waals surface area contributed by atoms with Crippen molar-refractivity contribution < 1.29 is 4.79 Å².